The number of halogens is 1. The van der Waals surface area contributed by atoms with Gasteiger partial charge in [0, 0.05) is 23.0 Å². The highest BCUT2D eigenvalue weighted by atomic mass is 32.2. The summed E-state index contributed by atoms with van der Waals surface area (Å²) >= 11 is 1.71. The fourth-order valence-electron chi connectivity index (χ4n) is 3.77. The molecule has 0 radical (unpaired) electrons. The first-order valence-corrected chi connectivity index (χ1v) is 12.1. The number of aromatic amines is 1. The number of thioether (sulfide) groups is 1. The number of H-pyrrole nitrogens is 1. The number of nitrogens with one attached hydrogen (secondary N) is 2. The maximum Gasteiger partial charge on any atom is 0.123 e. The number of benzene rings is 1. The van der Waals surface area contributed by atoms with E-state index in [2.05, 4.69) is 66.5 Å². The first kappa shape index (κ1) is 23.7. The number of rotatable bonds is 10. The van der Waals surface area contributed by atoms with Gasteiger partial charge in [0.25, 0.3) is 0 Å². The lowest BCUT2D eigenvalue weighted by Crippen LogP contribution is -2.21. The van der Waals surface area contributed by atoms with Gasteiger partial charge < -0.3 is 10.3 Å². The minimum atomic E-state index is -0.271. The molecule has 1 unspecified atom stereocenters. The summed E-state index contributed by atoms with van der Waals surface area (Å²) in [5.41, 5.74) is 6.01. The van der Waals surface area contributed by atoms with E-state index < -0.39 is 0 Å². The van der Waals surface area contributed by atoms with Gasteiger partial charge in [-0.25, -0.2) is 9.07 Å². The lowest BCUT2D eigenvalue weighted by molar-refractivity contribution is 0.588. The number of aromatic nitrogens is 3. The van der Waals surface area contributed by atoms with Crippen molar-refractivity contribution in [2.45, 2.75) is 44.7 Å². The van der Waals surface area contributed by atoms with Crippen LogP contribution in [0.3, 0.4) is 0 Å². The van der Waals surface area contributed by atoms with E-state index >= 15 is 0 Å². The molecule has 2 aromatic heterocycles. The van der Waals surface area contributed by atoms with Gasteiger partial charge in [-0.3, -0.25) is 0 Å². The van der Waals surface area contributed by atoms with Crippen LogP contribution in [0.4, 0.5) is 4.39 Å². The molecule has 2 N–H and O–H groups in total. The third-order valence-corrected chi connectivity index (χ3v) is 6.06. The number of nitrogens with zero attached hydrogens (tertiary/aromatic N) is 2. The first-order valence-electron chi connectivity index (χ1n) is 10.9. The van der Waals surface area contributed by atoms with Crippen LogP contribution < -0.4 is 5.32 Å². The molecule has 0 saturated carbocycles. The Bertz CT molecular complexity index is 1110. The van der Waals surface area contributed by atoms with Gasteiger partial charge in [0.2, 0.25) is 0 Å². The molecule has 2 heterocycles. The van der Waals surface area contributed by atoms with Gasteiger partial charge in [-0.2, -0.15) is 5.10 Å². The number of allylic oxidation sites excluding steroid dienone is 3. The van der Waals surface area contributed by atoms with E-state index in [0.29, 0.717) is 0 Å². The van der Waals surface area contributed by atoms with Crippen molar-refractivity contribution in [1.29, 1.82) is 0 Å². The van der Waals surface area contributed by atoms with Gasteiger partial charge in [0.05, 0.1) is 28.6 Å². The van der Waals surface area contributed by atoms with Crippen LogP contribution in [0, 0.1) is 5.82 Å². The molecule has 4 nitrogen and oxygen atoms in total. The number of hydrogen-bond acceptors (Lipinski definition) is 3. The van der Waals surface area contributed by atoms with Gasteiger partial charge in [-0.1, -0.05) is 32.6 Å². The quantitative estimate of drug-likeness (QED) is 0.255. The minimum Gasteiger partial charge on any atom is -0.378 e. The molecule has 3 aromatic rings. The average Bonchev–Trinajstić information content (AvgIpc) is 3.45. The molecule has 0 bridgehead atoms. The Kier molecular flexibility index (Phi) is 8.17. The predicted molar refractivity (Wildman–Crippen MR) is 134 cm³/mol. The first-order chi connectivity index (χ1) is 15.6. The summed E-state index contributed by atoms with van der Waals surface area (Å²) in [4.78, 5) is 3.33. The third kappa shape index (κ3) is 5.07. The molecule has 0 aliphatic heterocycles. The van der Waals surface area contributed by atoms with Gasteiger partial charge in [-0.05, 0) is 68.0 Å². The van der Waals surface area contributed by atoms with Crippen molar-refractivity contribution in [1.82, 2.24) is 20.1 Å². The Morgan fingerprint density at radius 1 is 1.31 bits per heavy atom. The Morgan fingerprint density at radius 2 is 2.06 bits per heavy atom. The summed E-state index contributed by atoms with van der Waals surface area (Å²) in [6.45, 7) is 10.4. The van der Waals surface area contributed by atoms with E-state index in [1.807, 2.05) is 13.1 Å². The molecule has 32 heavy (non-hydrogen) atoms. The highest BCUT2D eigenvalue weighted by molar-refractivity contribution is 7.98. The van der Waals surface area contributed by atoms with E-state index in [9.17, 15) is 4.39 Å². The smallest absolute Gasteiger partial charge is 0.123 e. The third-order valence-electron chi connectivity index (χ3n) is 5.39. The molecule has 0 amide bonds. The van der Waals surface area contributed by atoms with E-state index in [1.54, 1.807) is 34.7 Å². The molecule has 0 spiro atoms. The SMILES string of the molecule is C=Cc1c(C(=C\C)/C(=C\CC)NC(CC)c2c[nH]c(SC)c2)cnn1-c1ccc(F)cc1. The zero-order valence-corrected chi connectivity index (χ0v) is 20.0. The van der Waals surface area contributed by atoms with Crippen LogP contribution in [0.2, 0.25) is 0 Å². The minimum absolute atomic E-state index is 0.180. The second-order valence-corrected chi connectivity index (χ2v) is 8.22. The largest absolute Gasteiger partial charge is 0.378 e. The second-order valence-electron chi connectivity index (χ2n) is 7.37. The molecular weight excluding hydrogens is 419 g/mol. The maximum atomic E-state index is 13.4. The van der Waals surface area contributed by atoms with Crippen LogP contribution in [-0.4, -0.2) is 21.0 Å². The fourth-order valence-corrected chi connectivity index (χ4v) is 4.20. The van der Waals surface area contributed by atoms with E-state index in [0.717, 1.165) is 46.1 Å². The molecule has 6 heteroatoms. The van der Waals surface area contributed by atoms with E-state index in [4.69, 9.17) is 0 Å². The molecule has 0 saturated heterocycles. The van der Waals surface area contributed by atoms with Crippen LogP contribution in [-0.2, 0) is 0 Å². The summed E-state index contributed by atoms with van der Waals surface area (Å²) in [6, 6.07) is 8.70. The standard InChI is InChI=1S/C26H31FN4S/c1-6-10-24(30-23(8-3)18-15-26(32-5)28-16-18)21(7-2)22-17-29-31(25(22)9-4)20-13-11-19(27)12-14-20/h7,9-17,23,28,30H,4,6,8H2,1-3,5H3/b21-7+,24-10+. The molecule has 168 valence electrons. The summed E-state index contributed by atoms with van der Waals surface area (Å²) < 4.78 is 15.2. The van der Waals surface area contributed by atoms with Crippen molar-refractivity contribution in [2.75, 3.05) is 6.26 Å². The van der Waals surface area contributed by atoms with Crippen molar-refractivity contribution < 1.29 is 4.39 Å². The van der Waals surface area contributed by atoms with Crippen LogP contribution >= 0.6 is 11.8 Å². The molecule has 0 aliphatic carbocycles. The van der Waals surface area contributed by atoms with Crippen LogP contribution in [0.1, 0.15) is 56.5 Å². The van der Waals surface area contributed by atoms with Crippen molar-refractivity contribution in [2.24, 2.45) is 0 Å². The monoisotopic (exact) mass is 450 g/mol. The van der Waals surface area contributed by atoms with Crippen LogP contribution in [0.5, 0.6) is 0 Å². The molecule has 3 rings (SSSR count). The fraction of sp³-hybridized carbons (Fsp3) is 0.269. The normalized spacial score (nSPS) is 13.3. The summed E-state index contributed by atoms with van der Waals surface area (Å²) in [5.74, 6) is -0.271. The lowest BCUT2D eigenvalue weighted by atomic mass is 9.99. The van der Waals surface area contributed by atoms with Gasteiger partial charge in [-0.15, -0.1) is 11.8 Å². The molecule has 1 atom stereocenters. The second kappa shape index (κ2) is 11.0. The Labute approximate surface area is 194 Å². The Balaban J connectivity index is 1.98. The van der Waals surface area contributed by atoms with Gasteiger partial charge >= 0.3 is 0 Å². The molecular formula is C26H31FN4S. The topological polar surface area (TPSA) is 45.6 Å². The molecule has 1 aromatic carbocycles. The van der Waals surface area contributed by atoms with Crippen molar-refractivity contribution in [3.8, 4) is 5.69 Å². The van der Waals surface area contributed by atoms with Crippen molar-refractivity contribution in [3.63, 3.8) is 0 Å². The molecule has 0 fully saturated rings. The average molecular weight is 451 g/mol. The zero-order valence-electron chi connectivity index (χ0n) is 19.2. The van der Waals surface area contributed by atoms with Crippen LogP contribution in [0.15, 0.2) is 72.2 Å². The predicted octanol–water partition coefficient (Wildman–Crippen LogP) is 7.14. The highest BCUT2D eigenvalue weighted by Gasteiger charge is 2.19. The van der Waals surface area contributed by atoms with E-state index in [1.165, 1.54) is 17.7 Å². The Morgan fingerprint density at radius 3 is 2.62 bits per heavy atom. The van der Waals surface area contributed by atoms with Crippen molar-refractivity contribution in [3.05, 3.63) is 89.8 Å². The maximum absolute atomic E-state index is 13.4. The summed E-state index contributed by atoms with van der Waals surface area (Å²) in [5, 5.41) is 9.50. The lowest BCUT2D eigenvalue weighted by Gasteiger charge is -2.22. The van der Waals surface area contributed by atoms with Gasteiger partial charge in [0.15, 0.2) is 0 Å². The zero-order chi connectivity index (χ0) is 23.1. The summed E-state index contributed by atoms with van der Waals surface area (Å²) in [7, 11) is 0. The Hall–Kier alpha value is -2.99. The number of hydrogen-bond donors (Lipinski definition) is 2. The van der Waals surface area contributed by atoms with E-state index in [-0.39, 0.29) is 11.9 Å². The molecule has 0 aliphatic rings. The summed E-state index contributed by atoms with van der Waals surface area (Å²) in [6.07, 6.45) is 14.0. The highest BCUT2D eigenvalue weighted by Crippen LogP contribution is 2.31. The van der Waals surface area contributed by atoms with Crippen molar-refractivity contribution >= 4 is 23.4 Å². The van der Waals surface area contributed by atoms with Gasteiger partial charge in [0.1, 0.15) is 5.82 Å². The van der Waals surface area contributed by atoms with Crippen LogP contribution in [0.25, 0.3) is 17.3 Å².